The van der Waals surface area contributed by atoms with E-state index < -0.39 is 0 Å². The van der Waals surface area contributed by atoms with Crippen LogP contribution in [0.5, 0.6) is 0 Å². The molecule has 1 aliphatic heterocycles. The largest absolute Gasteiger partial charge is 0.337 e. The maximum atomic E-state index is 12.0. The van der Waals surface area contributed by atoms with Gasteiger partial charge in [-0.05, 0) is 12.5 Å². The first kappa shape index (κ1) is 16.0. The summed E-state index contributed by atoms with van der Waals surface area (Å²) >= 11 is 1.64. The van der Waals surface area contributed by atoms with Gasteiger partial charge in [-0.25, -0.2) is 5.43 Å². The number of carbonyl (C=O) groups is 1. The molecular formula is C16H24N3OS+. The molecule has 0 bridgehead atoms. The van der Waals surface area contributed by atoms with E-state index in [9.17, 15) is 4.79 Å². The summed E-state index contributed by atoms with van der Waals surface area (Å²) in [6.07, 6.45) is 1.97. The van der Waals surface area contributed by atoms with Crippen molar-refractivity contribution in [2.24, 2.45) is 5.10 Å². The lowest BCUT2D eigenvalue weighted by Crippen LogP contribution is -3.10. The summed E-state index contributed by atoms with van der Waals surface area (Å²) in [6.45, 7) is 4.14. The van der Waals surface area contributed by atoms with Crippen LogP contribution in [0.2, 0.25) is 0 Å². The van der Waals surface area contributed by atoms with E-state index in [1.54, 1.807) is 11.8 Å². The summed E-state index contributed by atoms with van der Waals surface area (Å²) in [6, 6.07) is 10.2. The number of benzene rings is 1. The van der Waals surface area contributed by atoms with Gasteiger partial charge in [-0.15, -0.1) is 11.8 Å². The molecule has 0 aliphatic carbocycles. The number of carbonyl (C=O) groups excluding carboxylic acids is 1. The number of amides is 1. The zero-order chi connectivity index (χ0) is 15.1. The number of hydrazone groups is 1. The molecule has 1 saturated heterocycles. The van der Waals surface area contributed by atoms with Crippen LogP contribution in [0, 0.1) is 0 Å². The molecule has 0 spiro atoms. The van der Waals surface area contributed by atoms with Crippen LogP contribution in [-0.2, 0) is 10.5 Å². The molecule has 5 heteroatoms. The fourth-order valence-electron chi connectivity index (χ4n) is 2.17. The van der Waals surface area contributed by atoms with E-state index >= 15 is 0 Å². The van der Waals surface area contributed by atoms with Gasteiger partial charge in [-0.3, -0.25) is 4.79 Å². The summed E-state index contributed by atoms with van der Waals surface area (Å²) < 4.78 is 0. The second kappa shape index (κ2) is 8.20. The molecule has 1 aliphatic rings. The summed E-state index contributed by atoms with van der Waals surface area (Å²) in [7, 11) is 2.19. The fraction of sp³-hybridized carbons (Fsp3) is 0.500. The Labute approximate surface area is 131 Å². The van der Waals surface area contributed by atoms with E-state index in [4.69, 9.17) is 0 Å². The topological polar surface area (TPSA) is 45.9 Å². The quantitative estimate of drug-likeness (QED) is 0.800. The molecule has 0 saturated carbocycles. The van der Waals surface area contributed by atoms with E-state index in [0.717, 1.165) is 37.4 Å². The predicted octanol–water partition coefficient (Wildman–Crippen LogP) is 1.09. The Bertz CT molecular complexity index is 480. The zero-order valence-electron chi connectivity index (χ0n) is 12.8. The molecule has 1 amide bonds. The monoisotopic (exact) mass is 306 g/mol. The lowest BCUT2D eigenvalue weighted by Gasteiger charge is -2.20. The van der Waals surface area contributed by atoms with E-state index in [2.05, 4.69) is 29.7 Å². The molecule has 0 unspecified atom stereocenters. The van der Waals surface area contributed by atoms with E-state index in [1.165, 1.54) is 10.5 Å². The SMILES string of the molecule is C[C@@H](SCc1ccccc1)C(=O)NN=C1CC[NH+](C)CC1. The van der Waals surface area contributed by atoms with Gasteiger partial charge in [0, 0.05) is 24.3 Å². The van der Waals surface area contributed by atoms with Gasteiger partial charge in [0.15, 0.2) is 0 Å². The summed E-state index contributed by atoms with van der Waals surface area (Å²) in [5, 5.41) is 4.19. The van der Waals surface area contributed by atoms with Gasteiger partial charge in [0.2, 0.25) is 0 Å². The van der Waals surface area contributed by atoms with Crippen LogP contribution in [-0.4, -0.2) is 37.0 Å². The molecule has 2 rings (SSSR count). The number of rotatable bonds is 5. The second-order valence-electron chi connectivity index (χ2n) is 5.55. The number of thioether (sulfide) groups is 1. The molecule has 4 nitrogen and oxygen atoms in total. The Hall–Kier alpha value is -1.33. The Balaban J connectivity index is 1.73. The van der Waals surface area contributed by atoms with Crippen LogP contribution in [0.25, 0.3) is 0 Å². The molecule has 1 atom stereocenters. The number of nitrogens with one attached hydrogen (secondary N) is 2. The molecule has 1 heterocycles. The molecule has 114 valence electrons. The highest BCUT2D eigenvalue weighted by atomic mass is 32.2. The smallest absolute Gasteiger partial charge is 0.252 e. The molecular weight excluding hydrogens is 282 g/mol. The van der Waals surface area contributed by atoms with Gasteiger partial charge in [0.1, 0.15) is 0 Å². The number of likely N-dealkylation sites (tertiary alicyclic amines) is 1. The first-order chi connectivity index (χ1) is 10.1. The summed E-state index contributed by atoms with van der Waals surface area (Å²) in [4.78, 5) is 13.6. The maximum absolute atomic E-state index is 12.0. The minimum Gasteiger partial charge on any atom is -0.337 e. The highest BCUT2D eigenvalue weighted by molar-refractivity contribution is 7.99. The first-order valence-corrected chi connectivity index (χ1v) is 8.52. The highest BCUT2D eigenvalue weighted by Gasteiger charge is 2.16. The van der Waals surface area contributed by atoms with Gasteiger partial charge in [-0.2, -0.15) is 5.10 Å². The molecule has 1 aromatic rings. The van der Waals surface area contributed by atoms with Crippen molar-refractivity contribution in [2.45, 2.75) is 30.8 Å². The van der Waals surface area contributed by atoms with Crippen LogP contribution in [0.4, 0.5) is 0 Å². The second-order valence-corrected chi connectivity index (χ2v) is 6.88. The average molecular weight is 306 g/mol. The average Bonchev–Trinajstić information content (AvgIpc) is 2.52. The molecule has 21 heavy (non-hydrogen) atoms. The van der Waals surface area contributed by atoms with Gasteiger partial charge < -0.3 is 4.90 Å². The Kier molecular flexibility index (Phi) is 6.26. The van der Waals surface area contributed by atoms with Crippen LogP contribution < -0.4 is 10.3 Å². The Morgan fingerprint density at radius 2 is 2.00 bits per heavy atom. The van der Waals surface area contributed by atoms with Gasteiger partial charge >= 0.3 is 0 Å². The van der Waals surface area contributed by atoms with E-state index in [0.29, 0.717) is 0 Å². The van der Waals surface area contributed by atoms with Gasteiger partial charge in [-0.1, -0.05) is 30.3 Å². The lowest BCUT2D eigenvalue weighted by atomic mass is 10.1. The van der Waals surface area contributed by atoms with Crippen molar-refractivity contribution >= 4 is 23.4 Å². The third-order valence-corrected chi connectivity index (χ3v) is 4.93. The fourth-order valence-corrected chi connectivity index (χ4v) is 3.01. The van der Waals surface area contributed by atoms with Crippen LogP contribution in [0.1, 0.15) is 25.3 Å². The van der Waals surface area contributed by atoms with Crippen LogP contribution in [0.3, 0.4) is 0 Å². The number of hydrogen-bond acceptors (Lipinski definition) is 3. The normalized spacial score (nSPS) is 19.9. The summed E-state index contributed by atoms with van der Waals surface area (Å²) in [5.74, 6) is 0.842. The van der Waals surface area contributed by atoms with Crippen molar-refractivity contribution in [3.05, 3.63) is 35.9 Å². The molecule has 1 fully saturated rings. The highest BCUT2D eigenvalue weighted by Crippen LogP contribution is 2.17. The van der Waals surface area contributed by atoms with E-state index in [-0.39, 0.29) is 11.2 Å². The first-order valence-electron chi connectivity index (χ1n) is 7.47. The number of quaternary nitrogens is 1. The third kappa shape index (κ3) is 5.52. The zero-order valence-corrected chi connectivity index (χ0v) is 13.6. The minimum atomic E-state index is -0.0913. The minimum absolute atomic E-state index is 0.00490. The standard InChI is InChI=1S/C16H23N3OS/c1-13(21-12-14-6-4-3-5-7-14)16(20)18-17-15-8-10-19(2)11-9-15/h3-7,13H,8-12H2,1-2H3,(H,18,20)/p+1/t13-/m1/s1. The Morgan fingerprint density at radius 3 is 2.67 bits per heavy atom. The van der Waals surface area contributed by atoms with Crippen LogP contribution >= 0.6 is 11.8 Å². The van der Waals surface area contributed by atoms with Gasteiger partial charge in [0.25, 0.3) is 5.91 Å². The van der Waals surface area contributed by atoms with Crippen LogP contribution in [0.15, 0.2) is 35.4 Å². The predicted molar refractivity (Wildman–Crippen MR) is 88.6 cm³/mol. The number of nitrogens with zero attached hydrogens (tertiary/aromatic N) is 1. The Morgan fingerprint density at radius 1 is 1.33 bits per heavy atom. The molecule has 1 aromatic carbocycles. The van der Waals surface area contributed by atoms with E-state index in [1.807, 2.05) is 25.1 Å². The summed E-state index contributed by atoms with van der Waals surface area (Å²) in [5.41, 5.74) is 5.08. The third-order valence-electron chi connectivity index (χ3n) is 3.72. The van der Waals surface area contributed by atoms with Crippen molar-refractivity contribution in [3.8, 4) is 0 Å². The van der Waals surface area contributed by atoms with Crippen molar-refractivity contribution in [3.63, 3.8) is 0 Å². The van der Waals surface area contributed by atoms with Crippen molar-refractivity contribution in [1.82, 2.24) is 5.43 Å². The van der Waals surface area contributed by atoms with Crippen molar-refractivity contribution < 1.29 is 9.69 Å². The molecule has 2 N–H and O–H groups in total. The van der Waals surface area contributed by atoms with Crippen molar-refractivity contribution in [2.75, 3.05) is 20.1 Å². The number of piperidine rings is 1. The molecule has 0 radical (unpaired) electrons. The van der Waals surface area contributed by atoms with Crippen molar-refractivity contribution in [1.29, 1.82) is 0 Å². The lowest BCUT2D eigenvalue weighted by molar-refractivity contribution is -0.880. The van der Waals surface area contributed by atoms with Gasteiger partial charge in [0.05, 0.1) is 25.4 Å². The maximum Gasteiger partial charge on any atom is 0.252 e. The molecule has 0 aromatic heterocycles. The number of hydrogen-bond donors (Lipinski definition) is 2.